The lowest BCUT2D eigenvalue weighted by Gasteiger charge is -2.09. The van der Waals surface area contributed by atoms with Crippen LogP contribution in [0.3, 0.4) is 0 Å². The van der Waals surface area contributed by atoms with E-state index in [9.17, 15) is 4.79 Å². The molecular weight excluding hydrogens is 338 g/mol. The van der Waals surface area contributed by atoms with E-state index >= 15 is 0 Å². The second-order valence-corrected chi connectivity index (χ2v) is 6.01. The highest BCUT2D eigenvalue weighted by atomic mass is 32.1. The molecule has 0 amide bonds. The third kappa shape index (κ3) is 3.97. The largest absolute Gasteiger partial charge is 0.497 e. The Morgan fingerprint density at radius 2 is 1.88 bits per heavy atom. The molecule has 0 fully saturated rings. The van der Waals surface area contributed by atoms with Crippen LogP contribution < -0.4 is 9.47 Å². The smallest absolute Gasteiger partial charge is 0.342 e. The normalized spacial score (nSPS) is 10.3. The predicted molar refractivity (Wildman–Crippen MR) is 96.2 cm³/mol. The predicted octanol–water partition coefficient (Wildman–Crippen LogP) is 4.18. The molecule has 0 radical (unpaired) electrons. The first-order valence-corrected chi connectivity index (χ1v) is 8.48. The van der Waals surface area contributed by atoms with Crippen LogP contribution in [0.2, 0.25) is 0 Å². The van der Waals surface area contributed by atoms with Gasteiger partial charge >= 0.3 is 5.97 Å². The third-order valence-electron chi connectivity index (χ3n) is 3.55. The fraction of sp³-hybridized carbons (Fsp3) is 0.158. The number of rotatable bonds is 6. The van der Waals surface area contributed by atoms with E-state index in [1.807, 2.05) is 35.7 Å². The fourth-order valence-corrected chi connectivity index (χ4v) is 3.08. The average molecular weight is 355 g/mol. The molecule has 6 heteroatoms. The van der Waals surface area contributed by atoms with Gasteiger partial charge in [0.25, 0.3) is 0 Å². The van der Waals surface area contributed by atoms with E-state index in [1.54, 1.807) is 25.3 Å². The number of carbonyl (C=O) groups excluding carboxylic acids is 1. The number of ether oxygens (including phenoxy) is 3. The fourth-order valence-electron chi connectivity index (χ4n) is 2.27. The van der Waals surface area contributed by atoms with Crippen LogP contribution in [-0.2, 0) is 11.3 Å². The number of hydrogen-bond acceptors (Lipinski definition) is 6. The summed E-state index contributed by atoms with van der Waals surface area (Å²) < 4.78 is 15.7. The van der Waals surface area contributed by atoms with Gasteiger partial charge < -0.3 is 14.2 Å². The van der Waals surface area contributed by atoms with Crippen molar-refractivity contribution >= 4 is 17.3 Å². The Balaban J connectivity index is 1.68. The van der Waals surface area contributed by atoms with Gasteiger partial charge in [-0.05, 0) is 12.1 Å². The molecule has 3 aromatic rings. The summed E-state index contributed by atoms with van der Waals surface area (Å²) in [5.74, 6) is 0.557. The van der Waals surface area contributed by atoms with Crippen molar-refractivity contribution in [3.05, 3.63) is 65.2 Å². The monoisotopic (exact) mass is 355 g/mol. The van der Waals surface area contributed by atoms with Crippen molar-refractivity contribution in [3.63, 3.8) is 0 Å². The number of nitrogens with zero attached hydrogens (tertiary/aromatic N) is 1. The van der Waals surface area contributed by atoms with E-state index < -0.39 is 5.97 Å². The zero-order valence-electron chi connectivity index (χ0n) is 13.9. The van der Waals surface area contributed by atoms with Crippen molar-refractivity contribution in [2.24, 2.45) is 0 Å². The van der Waals surface area contributed by atoms with E-state index in [1.165, 1.54) is 18.4 Å². The number of benzene rings is 2. The second kappa shape index (κ2) is 7.81. The molecule has 128 valence electrons. The van der Waals surface area contributed by atoms with Crippen molar-refractivity contribution in [1.82, 2.24) is 4.98 Å². The number of methoxy groups -OCH3 is 2. The molecule has 0 bridgehead atoms. The molecule has 0 aliphatic carbocycles. The highest BCUT2D eigenvalue weighted by molar-refractivity contribution is 7.13. The summed E-state index contributed by atoms with van der Waals surface area (Å²) >= 11 is 1.52. The molecule has 0 N–H and O–H groups in total. The van der Waals surface area contributed by atoms with Crippen LogP contribution in [-0.4, -0.2) is 25.2 Å². The maximum absolute atomic E-state index is 12.3. The van der Waals surface area contributed by atoms with Gasteiger partial charge in [-0.2, -0.15) is 0 Å². The molecule has 0 aliphatic heterocycles. The zero-order valence-corrected chi connectivity index (χ0v) is 14.7. The molecule has 25 heavy (non-hydrogen) atoms. The highest BCUT2D eigenvalue weighted by Gasteiger charge is 2.15. The molecule has 0 aliphatic rings. The number of thiazole rings is 1. The number of esters is 1. The van der Waals surface area contributed by atoms with Crippen LogP contribution >= 0.6 is 11.3 Å². The van der Waals surface area contributed by atoms with Gasteiger partial charge in [-0.25, -0.2) is 9.78 Å². The molecular formula is C19H17NO4S. The first-order valence-electron chi connectivity index (χ1n) is 7.60. The van der Waals surface area contributed by atoms with Crippen molar-refractivity contribution in [3.8, 4) is 22.1 Å². The van der Waals surface area contributed by atoms with Gasteiger partial charge in [-0.1, -0.05) is 30.3 Å². The summed E-state index contributed by atoms with van der Waals surface area (Å²) in [7, 11) is 3.05. The molecule has 0 saturated carbocycles. The topological polar surface area (TPSA) is 57.7 Å². The molecule has 1 heterocycles. The molecule has 0 atom stereocenters. The molecule has 1 aromatic heterocycles. The van der Waals surface area contributed by atoms with Crippen LogP contribution in [0, 0.1) is 0 Å². The van der Waals surface area contributed by atoms with E-state index in [0.717, 1.165) is 10.6 Å². The van der Waals surface area contributed by atoms with Gasteiger partial charge in [0.05, 0.1) is 19.9 Å². The van der Waals surface area contributed by atoms with Gasteiger partial charge in [0.1, 0.15) is 28.7 Å². The lowest BCUT2D eigenvalue weighted by molar-refractivity contribution is 0.0465. The lowest BCUT2D eigenvalue weighted by Crippen LogP contribution is -2.07. The van der Waals surface area contributed by atoms with Crippen molar-refractivity contribution in [2.45, 2.75) is 6.61 Å². The maximum Gasteiger partial charge on any atom is 0.342 e. The standard InChI is InChI=1S/C19H17NO4S/c1-22-15-8-9-16(17(10-15)23-2)19(21)24-11-14-12-25-18(20-14)13-6-4-3-5-7-13/h3-10,12H,11H2,1-2H3. The SMILES string of the molecule is COc1ccc(C(=O)OCc2csc(-c3ccccc3)n2)c(OC)c1. The first-order chi connectivity index (χ1) is 12.2. The third-order valence-corrected chi connectivity index (χ3v) is 4.49. The van der Waals surface area contributed by atoms with E-state index in [4.69, 9.17) is 14.2 Å². The Morgan fingerprint density at radius 1 is 1.08 bits per heavy atom. The Hall–Kier alpha value is -2.86. The van der Waals surface area contributed by atoms with E-state index in [-0.39, 0.29) is 6.61 Å². The molecule has 5 nitrogen and oxygen atoms in total. The maximum atomic E-state index is 12.3. The number of aromatic nitrogens is 1. The quantitative estimate of drug-likeness (QED) is 0.621. The Labute approximate surface area is 149 Å². The zero-order chi connectivity index (χ0) is 17.6. The van der Waals surface area contributed by atoms with Crippen LogP contribution in [0.1, 0.15) is 16.1 Å². The average Bonchev–Trinajstić information content (AvgIpc) is 3.15. The summed E-state index contributed by atoms with van der Waals surface area (Å²) in [6, 6.07) is 14.8. The minimum Gasteiger partial charge on any atom is -0.497 e. The Kier molecular flexibility index (Phi) is 5.30. The highest BCUT2D eigenvalue weighted by Crippen LogP contribution is 2.26. The van der Waals surface area contributed by atoms with Gasteiger partial charge in [-0.15, -0.1) is 11.3 Å². The molecule has 0 unspecified atom stereocenters. The van der Waals surface area contributed by atoms with Crippen LogP contribution in [0.15, 0.2) is 53.9 Å². The molecule has 3 rings (SSSR count). The summed E-state index contributed by atoms with van der Waals surface area (Å²) in [6.07, 6.45) is 0. The van der Waals surface area contributed by atoms with Gasteiger partial charge in [0, 0.05) is 17.0 Å². The van der Waals surface area contributed by atoms with Crippen molar-refractivity contribution in [1.29, 1.82) is 0 Å². The summed E-state index contributed by atoms with van der Waals surface area (Å²) in [5, 5.41) is 2.79. The molecule has 2 aromatic carbocycles. The van der Waals surface area contributed by atoms with E-state index in [2.05, 4.69) is 4.98 Å². The Bertz CT molecular complexity index is 861. The summed E-state index contributed by atoms with van der Waals surface area (Å²) in [5.41, 5.74) is 2.10. The van der Waals surface area contributed by atoms with Crippen molar-refractivity contribution < 1.29 is 19.0 Å². The van der Waals surface area contributed by atoms with Crippen molar-refractivity contribution in [2.75, 3.05) is 14.2 Å². The molecule has 0 saturated heterocycles. The summed E-state index contributed by atoms with van der Waals surface area (Å²) in [4.78, 5) is 16.8. The summed E-state index contributed by atoms with van der Waals surface area (Å²) in [6.45, 7) is 0.108. The minimum atomic E-state index is -0.464. The van der Waals surface area contributed by atoms with Gasteiger partial charge in [0.15, 0.2) is 0 Å². The van der Waals surface area contributed by atoms with Gasteiger partial charge in [0.2, 0.25) is 0 Å². The molecule has 0 spiro atoms. The van der Waals surface area contributed by atoms with Gasteiger partial charge in [-0.3, -0.25) is 0 Å². The Morgan fingerprint density at radius 3 is 2.60 bits per heavy atom. The minimum absolute atomic E-state index is 0.108. The second-order valence-electron chi connectivity index (χ2n) is 5.15. The van der Waals surface area contributed by atoms with Crippen LogP contribution in [0.25, 0.3) is 10.6 Å². The van der Waals surface area contributed by atoms with Crippen LogP contribution in [0.4, 0.5) is 0 Å². The first kappa shape index (κ1) is 17.0. The van der Waals surface area contributed by atoms with Crippen LogP contribution in [0.5, 0.6) is 11.5 Å². The van der Waals surface area contributed by atoms with E-state index in [0.29, 0.717) is 22.8 Å². The number of carbonyl (C=O) groups is 1. The lowest BCUT2D eigenvalue weighted by atomic mass is 10.2. The number of hydrogen-bond donors (Lipinski definition) is 0.